The molecule has 0 aliphatic carbocycles. The zero-order valence-corrected chi connectivity index (χ0v) is 20.2. The van der Waals surface area contributed by atoms with Crippen molar-refractivity contribution in [2.45, 2.75) is 26.4 Å². The summed E-state index contributed by atoms with van der Waals surface area (Å²) in [5, 5.41) is 0.920. The maximum Gasteiger partial charge on any atom is 0.123 e. The van der Waals surface area contributed by atoms with Gasteiger partial charge in [0.15, 0.2) is 0 Å². The SMILES string of the molecule is CCCN1CCN(Cc2cc(-c3ccc(CN4CCOCC4)cc3)nc3ccc(F)cc23)CC1. The largest absolute Gasteiger partial charge is 0.379 e. The Morgan fingerprint density at radius 2 is 1.53 bits per heavy atom. The lowest BCUT2D eigenvalue weighted by atomic mass is 10.0. The number of piperazine rings is 1. The third-order valence-corrected chi connectivity index (χ3v) is 7.01. The number of fused-ring (bicyclic) bond motifs is 1. The summed E-state index contributed by atoms with van der Waals surface area (Å²) in [6.45, 7) is 13.1. The molecule has 0 saturated carbocycles. The molecular weight excluding hydrogens is 427 g/mol. The van der Waals surface area contributed by atoms with E-state index in [4.69, 9.17) is 9.72 Å². The average Bonchev–Trinajstić information content (AvgIpc) is 2.87. The normalized spacial score (nSPS) is 18.5. The Hall–Kier alpha value is -2.38. The molecule has 0 atom stereocenters. The number of benzene rings is 2. The summed E-state index contributed by atoms with van der Waals surface area (Å²) in [5.41, 5.74) is 5.37. The summed E-state index contributed by atoms with van der Waals surface area (Å²) in [5.74, 6) is -0.205. The van der Waals surface area contributed by atoms with E-state index in [-0.39, 0.29) is 5.82 Å². The Morgan fingerprint density at radius 3 is 2.26 bits per heavy atom. The van der Waals surface area contributed by atoms with E-state index in [9.17, 15) is 4.39 Å². The first kappa shape index (κ1) is 23.4. The maximum absolute atomic E-state index is 14.1. The molecule has 5 nitrogen and oxygen atoms in total. The lowest BCUT2D eigenvalue weighted by Gasteiger charge is -2.34. The van der Waals surface area contributed by atoms with Crippen LogP contribution in [0.2, 0.25) is 0 Å². The Labute approximate surface area is 202 Å². The minimum atomic E-state index is -0.205. The fourth-order valence-electron chi connectivity index (χ4n) is 5.07. The molecule has 0 N–H and O–H groups in total. The van der Waals surface area contributed by atoms with E-state index in [0.29, 0.717) is 0 Å². The molecule has 1 aromatic heterocycles. The van der Waals surface area contributed by atoms with Crippen molar-refractivity contribution in [3.63, 3.8) is 0 Å². The van der Waals surface area contributed by atoms with Gasteiger partial charge >= 0.3 is 0 Å². The first-order valence-corrected chi connectivity index (χ1v) is 12.6. The van der Waals surface area contributed by atoms with E-state index >= 15 is 0 Å². The van der Waals surface area contributed by atoms with Gasteiger partial charge in [-0.05, 0) is 48.4 Å². The molecule has 3 aromatic rings. The topological polar surface area (TPSA) is 31.8 Å². The summed E-state index contributed by atoms with van der Waals surface area (Å²) < 4.78 is 19.6. The number of ether oxygens (including phenoxy) is 1. The molecule has 3 heterocycles. The standard InChI is InChI=1S/C28H35FN4O/c1-2-9-31-10-12-32(13-11-31)21-24-18-28(30-27-8-7-25(29)19-26(24)27)23-5-3-22(4-6-23)20-33-14-16-34-17-15-33/h3-8,18-19H,2,9-17,20-21H2,1H3. The predicted octanol–water partition coefficient (Wildman–Crippen LogP) is 4.40. The average molecular weight is 463 g/mol. The zero-order valence-electron chi connectivity index (χ0n) is 20.2. The third-order valence-electron chi connectivity index (χ3n) is 7.01. The van der Waals surface area contributed by atoms with Crippen LogP contribution in [-0.4, -0.2) is 78.7 Å². The summed E-state index contributed by atoms with van der Waals surface area (Å²) in [4.78, 5) is 12.4. The van der Waals surface area contributed by atoms with E-state index in [2.05, 4.69) is 52.0 Å². The van der Waals surface area contributed by atoms with Crippen LogP contribution in [0.3, 0.4) is 0 Å². The smallest absolute Gasteiger partial charge is 0.123 e. The van der Waals surface area contributed by atoms with E-state index in [0.717, 1.165) is 93.3 Å². The molecule has 180 valence electrons. The van der Waals surface area contributed by atoms with Crippen molar-refractivity contribution in [1.82, 2.24) is 19.7 Å². The number of morpholine rings is 1. The molecule has 2 saturated heterocycles. The van der Waals surface area contributed by atoms with Crippen LogP contribution in [0.5, 0.6) is 0 Å². The van der Waals surface area contributed by atoms with Crippen molar-refractivity contribution in [1.29, 1.82) is 0 Å². The Bertz CT molecular complexity index is 1090. The van der Waals surface area contributed by atoms with Crippen molar-refractivity contribution in [2.75, 3.05) is 59.0 Å². The summed E-state index contributed by atoms with van der Waals surface area (Å²) in [7, 11) is 0. The molecule has 0 amide bonds. The fourth-order valence-corrected chi connectivity index (χ4v) is 5.07. The van der Waals surface area contributed by atoms with E-state index in [1.807, 2.05) is 6.07 Å². The molecule has 0 bridgehead atoms. The number of rotatable bonds is 7. The Kier molecular flexibility index (Phi) is 7.50. The lowest BCUT2D eigenvalue weighted by molar-refractivity contribution is 0.0342. The van der Waals surface area contributed by atoms with Gasteiger partial charge in [-0.2, -0.15) is 0 Å². The third kappa shape index (κ3) is 5.63. The van der Waals surface area contributed by atoms with Gasteiger partial charge in [0.2, 0.25) is 0 Å². The highest BCUT2D eigenvalue weighted by Gasteiger charge is 2.18. The monoisotopic (exact) mass is 462 g/mol. The molecule has 2 aromatic carbocycles. The molecule has 0 spiro atoms. The lowest BCUT2D eigenvalue weighted by Crippen LogP contribution is -2.46. The van der Waals surface area contributed by atoms with Gasteiger partial charge in [0.05, 0.1) is 24.4 Å². The second kappa shape index (κ2) is 10.9. The summed E-state index contributed by atoms with van der Waals surface area (Å²) in [6.07, 6.45) is 1.20. The minimum Gasteiger partial charge on any atom is -0.379 e. The highest BCUT2D eigenvalue weighted by atomic mass is 19.1. The summed E-state index contributed by atoms with van der Waals surface area (Å²) >= 11 is 0. The van der Waals surface area contributed by atoms with E-state index in [1.54, 1.807) is 6.07 Å². The second-order valence-electron chi connectivity index (χ2n) is 9.53. The van der Waals surface area contributed by atoms with Gasteiger partial charge in [-0.15, -0.1) is 0 Å². The number of aromatic nitrogens is 1. The van der Waals surface area contributed by atoms with Gasteiger partial charge in [0.1, 0.15) is 5.82 Å². The van der Waals surface area contributed by atoms with Crippen LogP contribution < -0.4 is 0 Å². The van der Waals surface area contributed by atoms with Crippen LogP contribution >= 0.6 is 0 Å². The van der Waals surface area contributed by atoms with Crippen molar-refractivity contribution < 1.29 is 9.13 Å². The first-order chi connectivity index (χ1) is 16.7. The van der Waals surface area contributed by atoms with Crippen LogP contribution in [0.4, 0.5) is 4.39 Å². The second-order valence-corrected chi connectivity index (χ2v) is 9.53. The highest BCUT2D eigenvalue weighted by molar-refractivity contribution is 5.85. The predicted molar refractivity (Wildman–Crippen MR) is 135 cm³/mol. The molecule has 6 heteroatoms. The molecule has 0 radical (unpaired) electrons. The molecule has 5 rings (SSSR count). The van der Waals surface area contributed by atoms with Crippen molar-refractivity contribution in [3.05, 3.63) is 65.5 Å². The number of halogens is 1. The van der Waals surface area contributed by atoms with Crippen LogP contribution in [0.25, 0.3) is 22.2 Å². The molecule has 0 unspecified atom stereocenters. The van der Waals surface area contributed by atoms with E-state index < -0.39 is 0 Å². The van der Waals surface area contributed by atoms with E-state index in [1.165, 1.54) is 24.6 Å². The van der Waals surface area contributed by atoms with Gasteiger partial charge in [-0.3, -0.25) is 9.80 Å². The Morgan fingerprint density at radius 1 is 0.824 bits per heavy atom. The maximum atomic E-state index is 14.1. The van der Waals surface area contributed by atoms with Crippen LogP contribution in [-0.2, 0) is 17.8 Å². The number of nitrogens with zero attached hydrogens (tertiary/aromatic N) is 4. The Balaban J connectivity index is 1.37. The number of hydrogen-bond donors (Lipinski definition) is 0. The molecule has 2 aliphatic heterocycles. The van der Waals surface area contributed by atoms with Crippen molar-refractivity contribution in [2.24, 2.45) is 0 Å². The van der Waals surface area contributed by atoms with Crippen LogP contribution in [0.15, 0.2) is 48.5 Å². The van der Waals surface area contributed by atoms with Gasteiger partial charge in [-0.25, -0.2) is 9.37 Å². The van der Waals surface area contributed by atoms with Gasteiger partial charge in [0.25, 0.3) is 0 Å². The molecular formula is C28H35FN4O. The zero-order chi connectivity index (χ0) is 23.3. The number of pyridine rings is 1. The number of hydrogen-bond acceptors (Lipinski definition) is 5. The molecule has 2 aliphatic rings. The van der Waals surface area contributed by atoms with Gasteiger partial charge < -0.3 is 9.64 Å². The quantitative estimate of drug-likeness (QED) is 0.520. The van der Waals surface area contributed by atoms with Gasteiger partial charge in [-0.1, -0.05) is 31.2 Å². The molecule has 2 fully saturated rings. The van der Waals surface area contributed by atoms with Gasteiger partial charge in [0, 0.05) is 63.3 Å². The van der Waals surface area contributed by atoms with Crippen LogP contribution in [0, 0.1) is 5.82 Å². The first-order valence-electron chi connectivity index (χ1n) is 12.6. The molecule has 34 heavy (non-hydrogen) atoms. The minimum absolute atomic E-state index is 0.205. The highest BCUT2D eigenvalue weighted by Crippen LogP contribution is 2.27. The van der Waals surface area contributed by atoms with Crippen molar-refractivity contribution >= 4 is 10.9 Å². The van der Waals surface area contributed by atoms with Crippen molar-refractivity contribution in [3.8, 4) is 11.3 Å². The summed E-state index contributed by atoms with van der Waals surface area (Å²) in [6, 6.07) is 15.9. The van der Waals surface area contributed by atoms with Crippen LogP contribution in [0.1, 0.15) is 24.5 Å². The fraction of sp³-hybridized carbons (Fsp3) is 0.464.